The molecule has 120 valence electrons. The largest absolute Gasteiger partial charge is 0.490 e. The van der Waals surface area contributed by atoms with Gasteiger partial charge in [-0.25, -0.2) is 0 Å². The Bertz CT molecular complexity index is 680. The Morgan fingerprint density at radius 2 is 1.83 bits per heavy atom. The van der Waals surface area contributed by atoms with Gasteiger partial charge in [-0.2, -0.15) is 5.10 Å². The second kappa shape index (κ2) is 8.43. The summed E-state index contributed by atoms with van der Waals surface area (Å²) in [5.41, 5.74) is 12.3. The van der Waals surface area contributed by atoms with E-state index in [9.17, 15) is 0 Å². The first kappa shape index (κ1) is 16.4. The van der Waals surface area contributed by atoms with Crippen molar-refractivity contribution in [2.24, 2.45) is 21.7 Å². The van der Waals surface area contributed by atoms with Crippen molar-refractivity contribution in [2.45, 2.75) is 13.5 Å². The van der Waals surface area contributed by atoms with Gasteiger partial charge in [0.05, 0.1) is 12.8 Å². The maximum Gasteiger partial charge on any atom is 0.211 e. The van der Waals surface area contributed by atoms with E-state index < -0.39 is 0 Å². The van der Waals surface area contributed by atoms with Crippen molar-refractivity contribution in [1.29, 1.82) is 0 Å². The quantitative estimate of drug-likeness (QED) is 0.466. The van der Waals surface area contributed by atoms with Crippen LogP contribution in [0.5, 0.6) is 11.5 Å². The van der Waals surface area contributed by atoms with Crippen LogP contribution in [0.1, 0.15) is 18.1 Å². The zero-order valence-electron chi connectivity index (χ0n) is 13.0. The lowest BCUT2D eigenvalue weighted by molar-refractivity contribution is 0.269. The molecule has 2 aromatic rings. The van der Waals surface area contributed by atoms with Gasteiger partial charge in [0.15, 0.2) is 11.5 Å². The van der Waals surface area contributed by atoms with Gasteiger partial charge in [0.25, 0.3) is 0 Å². The van der Waals surface area contributed by atoms with Crippen LogP contribution in [0.3, 0.4) is 0 Å². The second-order valence-electron chi connectivity index (χ2n) is 4.68. The van der Waals surface area contributed by atoms with E-state index in [0.717, 1.165) is 11.1 Å². The fraction of sp³-hybridized carbons (Fsp3) is 0.176. The molecule has 0 aromatic heterocycles. The number of nitrogens with zero attached hydrogens (tertiary/aromatic N) is 2. The van der Waals surface area contributed by atoms with E-state index in [0.29, 0.717) is 24.7 Å². The van der Waals surface area contributed by atoms with Gasteiger partial charge in [-0.3, -0.25) is 0 Å². The summed E-state index contributed by atoms with van der Waals surface area (Å²) < 4.78 is 11.5. The van der Waals surface area contributed by atoms with Crippen LogP contribution in [0.2, 0.25) is 0 Å². The Morgan fingerprint density at radius 1 is 1.04 bits per heavy atom. The molecular formula is C17H20N4O2. The standard InChI is InChI=1S/C17H20N4O2/c1-2-22-16-10-14(11-20-21-17(18)19)8-9-15(16)23-12-13-6-4-3-5-7-13/h3-11H,2,12H2,1H3,(H4,18,19,21)/b20-11+. The molecule has 0 aliphatic heterocycles. The Morgan fingerprint density at radius 3 is 2.52 bits per heavy atom. The van der Waals surface area contributed by atoms with Gasteiger partial charge in [-0.1, -0.05) is 30.3 Å². The zero-order chi connectivity index (χ0) is 16.5. The zero-order valence-corrected chi connectivity index (χ0v) is 13.0. The average Bonchev–Trinajstić information content (AvgIpc) is 2.55. The molecule has 0 aliphatic carbocycles. The van der Waals surface area contributed by atoms with Crippen LogP contribution in [0, 0.1) is 0 Å². The molecule has 0 heterocycles. The van der Waals surface area contributed by atoms with E-state index in [1.54, 1.807) is 6.21 Å². The number of hydrogen-bond acceptors (Lipinski definition) is 4. The van der Waals surface area contributed by atoms with Crippen LogP contribution in [0.4, 0.5) is 0 Å². The van der Waals surface area contributed by atoms with Crippen molar-refractivity contribution >= 4 is 12.2 Å². The first-order chi connectivity index (χ1) is 11.2. The van der Waals surface area contributed by atoms with Crippen LogP contribution in [0.25, 0.3) is 0 Å². The maximum atomic E-state index is 5.84. The maximum absolute atomic E-state index is 5.84. The van der Waals surface area contributed by atoms with Gasteiger partial charge >= 0.3 is 0 Å². The lowest BCUT2D eigenvalue weighted by Crippen LogP contribution is -2.21. The van der Waals surface area contributed by atoms with E-state index in [4.69, 9.17) is 20.9 Å². The Hall–Kier alpha value is -3.02. The molecule has 0 spiro atoms. The van der Waals surface area contributed by atoms with Crippen molar-refractivity contribution in [2.75, 3.05) is 6.61 Å². The summed E-state index contributed by atoms with van der Waals surface area (Å²) in [4.78, 5) is 0. The fourth-order valence-electron chi connectivity index (χ4n) is 1.89. The molecule has 0 fully saturated rings. The van der Waals surface area contributed by atoms with E-state index in [1.807, 2.05) is 55.5 Å². The summed E-state index contributed by atoms with van der Waals surface area (Å²) in [6.07, 6.45) is 1.54. The third-order valence-corrected chi connectivity index (χ3v) is 2.88. The van der Waals surface area contributed by atoms with Crippen molar-refractivity contribution in [3.63, 3.8) is 0 Å². The molecule has 0 radical (unpaired) electrons. The summed E-state index contributed by atoms with van der Waals surface area (Å²) in [6, 6.07) is 15.5. The Labute approximate surface area is 135 Å². The number of benzene rings is 2. The molecule has 0 atom stereocenters. The van der Waals surface area contributed by atoms with Gasteiger partial charge < -0.3 is 20.9 Å². The Kier molecular flexibility index (Phi) is 5.99. The van der Waals surface area contributed by atoms with E-state index in [1.165, 1.54) is 0 Å². The van der Waals surface area contributed by atoms with E-state index in [2.05, 4.69) is 10.2 Å². The first-order valence-corrected chi connectivity index (χ1v) is 7.24. The van der Waals surface area contributed by atoms with Crippen molar-refractivity contribution in [1.82, 2.24) is 0 Å². The highest BCUT2D eigenvalue weighted by Gasteiger charge is 2.06. The molecule has 0 saturated carbocycles. The first-order valence-electron chi connectivity index (χ1n) is 7.24. The summed E-state index contributed by atoms with van der Waals surface area (Å²) >= 11 is 0. The molecule has 6 heteroatoms. The van der Waals surface area contributed by atoms with E-state index in [-0.39, 0.29) is 5.96 Å². The van der Waals surface area contributed by atoms with Crippen molar-refractivity contribution in [3.8, 4) is 11.5 Å². The predicted octanol–water partition coefficient (Wildman–Crippen LogP) is 2.27. The summed E-state index contributed by atoms with van der Waals surface area (Å²) in [7, 11) is 0. The van der Waals surface area contributed by atoms with Gasteiger partial charge in [0, 0.05) is 0 Å². The summed E-state index contributed by atoms with van der Waals surface area (Å²) in [5, 5.41) is 7.35. The molecule has 2 aromatic carbocycles. The highest BCUT2D eigenvalue weighted by Crippen LogP contribution is 2.28. The third kappa shape index (κ3) is 5.35. The Balaban J connectivity index is 2.12. The third-order valence-electron chi connectivity index (χ3n) is 2.88. The summed E-state index contributed by atoms with van der Waals surface area (Å²) in [5.74, 6) is 1.24. The summed E-state index contributed by atoms with van der Waals surface area (Å²) in [6.45, 7) is 2.93. The monoisotopic (exact) mass is 312 g/mol. The fourth-order valence-corrected chi connectivity index (χ4v) is 1.89. The molecule has 0 aliphatic rings. The van der Waals surface area contributed by atoms with Gasteiger partial charge in [0.1, 0.15) is 6.61 Å². The molecule has 23 heavy (non-hydrogen) atoms. The van der Waals surface area contributed by atoms with Gasteiger partial charge in [-0.05, 0) is 36.2 Å². The highest BCUT2D eigenvalue weighted by molar-refractivity contribution is 5.82. The van der Waals surface area contributed by atoms with E-state index >= 15 is 0 Å². The van der Waals surface area contributed by atoms with Crippen molar-refractivity contribution in [3.05, 3.63) is 59.7 Å². The smallest absolute Gasteiger partial charge is 0.211 e. The molecule has 2 rings (SSSR count). The number of nitrogens with two attached hydrogens (primary N) is 2. The predicted molar refractivity (Wildman–Crippen MR) is 91.8 cm³/mol. The minimum atomic E-state index is -0.0888. The molecule has 0 saturated heterocycles. The van der Waals surface area contributed by atoms with Crippen LogP contribution in [-0.4, -0.2) is 18.8 Å². The average molecular weight is 312 g/mol. The molecular weight excluding hydrogens is 292 g/mol. The van der Waals surface area contributed by atoms with Crippen molar-refractivity contribution < 1.29 is 9.47 Å². The van der Waals surface area contributed by atoms with Gasteiger partial charge in [0.2, 0.25) is 5.96 Å². The van der Waals surface area contributed by atoms with Crippen LogP contribution in [0.15, 0.2) is 58.7 Å². The minimum Gasteiger partial charge on any atom is -0.490 e. The number of hydrogen-bond donors (Lipinski definition) is 2. The normalized spacial score (nSPS) is 10.5. The number of ether oxygens (including phenoxy) is 2. The number of guanidine groups is 1. The SMILES string of the molecule is CCOc1cc(/C=N/N=C(N)N)ccc1OCc1ccccc1. The molecule has 0 unspecified atom stereocenters. The van der Waals surface area contributed by atoms with Crippen LogP contribution < -0.4 is 20.9 Å². The highest BCUT2D eigenvalue weighted by atomic mass is 16.5. The second-order valence-corrected chi connectivity index (χ2v) is 4.68. The molecule has 0 amide bonds. The van der Waals surface area contributed by atoms with Crippen LogP contribution >= 0.6 is 0 Å². The van der Waals surface area contributed by atoms with Crippen LogP contribution in [-0.2, 0) is 6.61 Å². The molecule has 0 bridgehead atoms. The lowest BCUT2D eigenvalue weighted by atomic mass is 10.2. The number of rotatable bonds is 7. The molecule has 4 N–H and O–H groups in total. The molecule has 6 nitrogen and oxygen atoms in total. The minimum absolute atomic E-state index is 0.0888. The lowest BCUT2D eigenvalue weighted by Gasteiger charge is -2.12. The topological polar surface area (TPSA) is 95.2 Å². The van der Waals surface area contributed by atoms with Gasteiger partial charge in [-0.15, -0.1) is 5.10 Å².